The molecule has 1 aromatic heterocycles. The van der Waals surface area contributed by atoms with Gasteiger partial charge in [0.05, 0.1) is 12.7 Å². The summed E-state index contributed by atoms with van der Waals surface area (Å²) >= 11 is 5.97. The van der Waals surface area contributed by atoms with Gasteiger partial charge >= 0.3 is 0 Å². The first-order valence-corrected chi connectivity index (χ1v) is 7.02. The minimum absolute atomic E-state index is 0.188. The summed E-state index contributed by atoms with van der Waals surface area (Å²) in [6.45, 7) is 8.53. The van der Waals surface area contributed by atoms with Crippen molar-refractivity contribution in [3.05, 3.63) is 53.3 Å². The normalized spacial score (nSPS) is 10.4. The molecule has 0 aliphatic carbocycles. The number of benzene rings is 1. The molecule has 1 aromatic carbocycles. The van der Waals surface area contributed by atoms with Gasteiger partial charge in [-0.15, -0.1) is 5.10 Å². The average Bonchev–Trinajstić information content (AvgIpc) is 2.92. The van der Waals surface area contributed by atoms with Crippen molar-refractivity contribution < 1.29 is 4.79 Å². The summed E-state index contributed by atoms with van der Waals surface area (Å²) in [5, 5.41) is 8.70. The van der Waals surface area contributed by atoms with Crippen LogP contribution < -0.4 is 4.90 Å². The van der Waals surface area contributed by atoms with E-state index in [0.717, 1.165) is 23.5 Å². The molecule has 1 amide bonds. The molecule has 0 bridgehead atoms. The minimum Gasteiger partial charge on any atom is -0.302 e. The second-order valence-corrected chi connectivity index (χ2v) is 5.06. The fraction of sp³-hybridized carbons (Fsp3) is 0.267. The van der Waals surface area contributed by atoms with Crippen LogP contribution in [0, 0.1) is 6.92 Å². The molecule has 0 atom stereocenters. The average molecular weight is 305 g/mol. The largest absolute Gasteiger partial charge is 0.302 e. The molecule has 21 heavy (non-hydrogen) atoms. The quantitative estimate of drug-likeness (QED) is 0.798. The maximum absolute atomic E-state index is 12.2. The van der Waals surface area contributed by atoms with E-state index in [1.807, 2.05) is 32.2 Å². The van der Waals surface area contributed by atoms with Gasteiger partial charge < -0.3 is 4.90 Å². The fourth-order valence-electron chi connectivity index (χ4n) is 2.04. The molecular weight excluding hydrogens is 288 g/mol. The molecule has 0 saturated heterocycles. The van der Waals surface area contributed by atoms with E-state index in [1.165, 1.54) is 6.08 Å². The van der Waals surface area contributed by atoms with E-state index in [1.54, 1.807) is 15.6 Å². The monoisotopic (exact) mass is 304 g/mol. The maximum Gasteiger partial charge on any atom is 0.250 e. The minimum atomic E-state index is -0.188. The topological polar surface area (TPSA) is 51.0 Å². The molecule has 0 saturated carbocycles. The van der Waals surface area contributed by atoms with E-state index >= 15 is 0 Å². The Morgan fingerprint density at radius 3 is 2.86 bits per heavy atom. The SMILES string of the molecule is C=CC(=O)N(Cc1cn(CC)nn1)c1ccc(Cl)cc1C. The van der Waals surface area contributed by atoms with Crippen molar-refractivity contribution in [2.75, 3.05) is 4.90 Å². The zero-order valence-electron chi connectivity index (χ0n) is 12.1. The van der Waals surface area contributed by atoms with E-state index in [2.05, 4.69) is 16.9 Å². The molecule has 0 fully saturated rings. The second-order valence-electron chi connectivity index (χ2n) is 4.62. The Balaban J connectivity index is 2.34. The van der Waals surface area contributed by atoms with Gasteiger partial charge in [0.2, 0.25) is 0 Å². The highest BCUT2D eigenvalue weighted by Crippen LogP contribution is 2.25. The van der Waals surface area contributed by atoms with Gasteiger partial charge in [0.1, 0.15) is 5.69 Å². The highest BCUT2D eigenvalue weighted by atomic mass is 35.5. The lowest BCUT2D eigenvalue weighted by Gasteiger charge is -2.22. The highest BCUT2D eigenvalue weighted by Gasteiger charge is 2.17. The van der Waals surface area contributed by atoms with Crippen molar-refractivity contribution in [1.29, 1.82) is 0 Å². The lowest BCUT2D eigenvalue weighted by atomic mass is 10.1. The van der Waals surface area contributed by atoms with Crippen molar-refractivity contribution in [3.63, 3.8) is 0 Å². The molecule has 2 rings (SSSR count). The number of aromatic nitrogens is 3. The summed E-state index contributed by atoms with van der Waals surface area (Å²) in [7, 11) is 0. The first kappa shape index (κ1) is 15.3. The summed E-state index contributed by atoms with van der Waals surface area (Å²) in [6, 6.07) is 5.41. The van der Waals surface area contributed by atoms with E-state index in [9.17, 15) is 4.79 Å². The number of halogens is 1. The number of rotatable bonds is 5. The zero-order chi connectivity index (χ0) is 15.4. The van der Waals surface area contributed by atoms with Crippen molar-refractivity contribution in [2.45, 2.75) is 26.9 Å². The second kappa shape index (κ2) is 6.54. The van der Waals surface area contributed by atoms with E-state index < -0.39 is 0 Å². The number of carbonyl (C=O) groups is 1. The molecule has 0 N–H and O–H groups in total. The van der Waals surface area contributed by atoms with Crippen molar-refractivity contribution >= 4 is 23.2 Å². The third-order valence-electron chi connectivity index (χ3n) is 3.12. The molecular formula is C15H17ClN4O. The molecule has 0 aliphatic rings. The molecule has 0 unspecified atom stereocenters. The third kappa shape index (κ3) is 3.49. The van der Waals surface area contributed by atoms with Crippen LogP contribution >= 0.6 is 11.6 Å². The van der Waals surface area contributed by atoms with Gasteiger partial charge in [-0.3, -0.25) is 9.48 Å². The van der Waals surface area contributed by atoms with Crippen molar-refractivity contribution in [1.82, 2.24) is 15.0 Å². The van der Waals surface area contributed by atoms with Crippen LogP contribution in [0.2, 0.25) is 5.02 Å². The number of carbonyl (C=O) groups excluding carboxylic acids is 1. The molecule has 0 aliphatic heterocycles. The first-order chi connectivity index (χ1) is 10.0. The van der Waals surface area contributed by atoms with Gasteiger partial charge in [-0.1, -0.05) is 23.4 Å². The number of nitrogens with zero attached hydrogens (tertiary/aromatic N) is 4. The molecule has 0 radical (unpaired) electrons. The number of anilines is 1. The van der Waals surface area contributed by atoms with Gasteiger partial charge in [0.15, 0.2) is 0 Å². The standard InChI is InChI=1S/C15H17ClN4O/c1-4-15(21)20(10-13-9-19(5-2)18-17-13)14-7-6-12(16)8-11(14)3/h4,6-9H,1,5,10H2,2-3H3. The molecule has 5 nitrogen and oxygen atoms in total. The molecule has 110 valence electrons. The number of hydrogen-bond donors (Lipinski definition) is 0. The number of amides is 1. The van der Waals surface area contributed by atoms with E-state index in [4.69, 9.17) is 11.6 Å². The van der Waals surface area contributed by atoms with Crippen molar-refractivity contribution in [2.24, 2.45) is 0 Å². The summed E-state index contributed by atoms with van der Waals surface area (Å²) in [5.41, 5.74) is 2.43. The van der Waals surface area contributed by atoms with Gasteiger partial charge in [-0.2, -0.15) is 0 Å². The van der Waals surface area contributed by atoms with Crippen LogP contribution in [-0.2, 0) is 17.9 Å². The number of aryl methyl sites for hydroxylation is 2. The van der Waals surface area contributed by atoms with Crippen LogP contribution in [0.25, 0.3) is 0 Å². The Hall–Kier alpha value is -2.14. The molecule has 0 spiro atoms. The Morgan fingerprint density at radius 1 is 1.52 bits per heavy atom. The lowest BCUT2D eigenvalue weighted by Crippen LogP contribution is -2.29. The highest BCUT2D eigenvalue weighted by molar-refractivity contribution is 6.30. The maximum atomic E-state index is 12.2. The van der Waals surface area contributed by atoms with Crippen LogP contribution in [0.3, 0.4) is 0 Å². The predicted octanol–water partition coefficient (Wildman–Crippen LogP) is 2.98. The van der Waals surface area contributed by atoms with Gasteiger partial charge in [0, 0.05) is 17.3 Å². The van der Waals surface area contributed by atoms with Gasteiger partial charge in [-0.25, -0.2) is 0 Å². The fourth-order valence-corrected chi connectivity index (χ4v) is 2.27. The Kier molecular flexibility index (Phi) is 4.75. The Morgan fingerprint density at radius 2 is 2.29 bits per heavy atom. The van der Waals surface area contributed by atoms with Crippen LogP contribution in [0.5, 0.6) is 0 Å². The number of hydrogen-bond acceptors (Lipinski definition) is 3. The predicted molar refractivity (Wildman–Crippen MR) is 83.3 cm³/mol. The van der Waals surface area contributed by atoms with Gasteiger partial charge in [0.25, 0.3) is 5.91 Å². The smallest absolute Gasteiger partial charge is 0.250 e. The van der Waals surface area contributed by atoms with E-state index in [0.29, 0.717) is 11.6 Å². The summed E-state index contributed by atoms with van der Waals surface area (Å²) < 4.78 is 1.72. The summed E-state index contributed by atoms with van der Waals surface area (Å²) in [6.07, 6.45) is 3.12. The lowest BCUT2D eigenvalue weighted by molar-refractivity contribution is -0.114. The molecule has 2 aromatic rings. The van der Waals surface area contributed by atoms with Crippen molar-refractivity contribution in [3.8, 4) is 0 Å². The zero-order valence-corrected chi connectivity index (χ0v) is 12.8. The Labute approximate surface area is 128 Å². The molecule has 1 heterocycles. The van der Waals surface area contributed by atoms with Crippen LogP contribution in [-0.4, -0.2) is 20.9 Å². The summed E-state index contributed by atoms with van der Waals surface area (Å²) in [5.74, 6) is -0.188. The van der Waals surface area contributed by atoms with E-state index in [-0.39, 0.29) is 5.91 Å². The van der Waals surface area contributed by atoms with Crippen LogP contribution in [0.4, 0.5) is 5.69 Å². The van der Waals surface area contributed by atoms with Crippen LogP contribution in [0.1, 0.15) is 18.2 Å². The summed E-state index contributed by atoms with van der Waals surface area (Å²) in [4.78, 5) is 13.8. The first-order valence-electron chi connectivity index (χ1n) is 6.64. The molecule has 6 heteroatoms. The third-order valence-corrected chi connectivity index (χ3v) is 3.36. The Bertz CT molecular complexity index is 665. The van der Waals surface area contributed by atoms with Crippen LogP contribution in [0.15, 0.2) is 37.1 Å². The van der Waals surface area contributed by atoms with Gasteiger partial charge in [-0.05, 0) is 43.7 Å².